The first-order valence-corrected chi connectivity index (χ1v) is 8.05. The molecule has 2 nitrogen and oxygen atoms in total. The van der Waals surface area contributed by atoms with Crippen LogP contribution in [0.2, 0.25) is 0 Å². The van der Waals surface area contributed by atoms with Gasteiger partial charge >= 0.3 is 0 Å². The van der Waals surface area contributed by atoms with E-state index in [4.69, 9.17) is 0 Å². The van der Waals surface area contributed by atoms with Gasteiger partial charge in [0.05, 0.1) is 0 Å². The zero-order valence-electron chi connectivity index (χ0n) is 14.2. The van der Waals surface area contributed by atoms with Gasteiger partial charge in [-0.05, 0) is 38.8 Å². The first-order chi connectivity index (χ1) is 10.5. The summed E-state index contributed by atoms with van der Waals surface area (Å²) >= 11 is 0. The molecule has 0 radical (unpaired) electrons. The maximum absolute atomic E-state index is 3.71. The molecule has 0 spiro atoms. The number of hydrogen-bond acceptors (Lipinski definition) is 2. The molecule has 2 aromatic rings. The van der Waals surface area contributed by atoms with E-state index < -0.39 is 0 Å². The van der Waals surface area contributed by atoms with Crippen LogP contribution in [0.4, 0.5) is 0 Å². The van der Waals surface area contributed by atoms with Crippen LogP contribution >= 0.6 is 0 Å². The maximum Gasteiger partial charge on any atom is 0.0297 e. The van der Waals surface area contributed by atoms with E-state index in [9.17, 15) is 0 Å². The minimum atomic E-state index is 0.0408. The Morgan fingerprint density at radius 3 is 2.41 bits per heavy atom. The summed E-state index contributed by atoms with van der Waals surface area (Å²) in [7, 11) is 0. The Morgan fingerprint density at radius 2 is 1.73 bits per heavy atom. The molecule has 0 amide bonds. The second-order valence-electron chi connectivity index (χ2n) is 6.75. The van der Waals surface area contributed by atoms with Gasteiger partial charge < -0.3 is 10.6 Å². The Balaban J connectivity index is 1.83. The van der Waals surface area contributed by atoms with Crippen molar-refractivity contribution in [1.82, 2.24) is 10.6 Å². The van der Waals surface area contributed by atoms with E-state index in [1.165, 1.54) is 16.7 Å². The van der Waals surface area contributed by atoms with E-state index in [1.54, 1.807) is 0 Å². The summed E-state index contributed by atoms with van der Waals surface area (Å²) in [6.07, 6.45) is 0. The van der Waals surface area contributed by atoms with Gasteiger partial charge in [0.15, 0.2) is 0 Å². The van der Waals surface area contributed by atoms with Gasteiger partial charge in [-0.1, -0.05) is 60.2 Å². The molecule has 1 unspecified atom stereocenters. The Kier molecular flexibility index (Phi) is 5.76. The number of aryl methyl sites for hydroxylation is 1. The molecule has 0 aromatic heterocycles. The van der Waals surface area contributed by atoms with Crippen LogP contribution in [0.3, 0.4) is 0 Å². The SMILES string of the molecule is Cc1cccc(CNCC(C)(C)NC(C)c2ccccc2)c1. The quantitative estimate of drug-likeness (QED) is 0.799. The van der Waals surface area contributed by atoms with E-state index in [0.29, 0.717) is 6.04 Å². The minimum Gasteiger partial charge on any atom is -0.311 e. The Bertz CT molecular complexity index is 575. The molecule has 0 bridgehead atoms. The molecule has 2 heteroatoms. The van der Waals surface area contributed by atoms with Crippen LogP contribution in [0.1, 0.15) is 43.5 Å². The Labute approximate surface area is 135 Å². The lowest BCUT2D eigenvalue weighted by Gasteiger charge is -2.31. The molecule has 0 saturated carbocycles. The van der Waals surface area contributed by atoms with Gasteiger partial charge in [0, 0.05) is 24.7 Å². The fraction of sp³-hybridized carbons (Fsp3) is 0.400. The van der Waals surface area contributed by atoms with Crippen LogP contribution in [-0.4, -0.2) is 12.1 Å². The first-order valence-electron chi connectivity index (χ1n) is 8.05. The molecule has 0 heterocycles. The molecule has 0 fully saturated rings. The predicted octanol–water partition coefficient (Wildman–Crippen LogP) is 4.21. The molecule has 2 N–H and O–H groups in total. The predicted molar refractivity (Wildman–Crippen MR) is 95.0 cm³/mol. The minimum absolute atomic E-state index is 0.0408. The highest BCUT2D eigenvalue weighted by Gasteiger charge is 2.20. The molecule has 2 aromatic carbocycles. The summed E-state index contributed by atoms with van der Waals surface area (Å²) in [5.74, 6) is 0. The topological polar surface area (TPSA) is 24.1 Å². The van der Waals surface area contributed by atoms with Crippen molar-refractivity contribution in [2.24, 2.45) is 0 Å². The molecule has 0 aliphatic rings. The number of hydrogen-bond donors (Lipinski definition) is 2. The third-order valence-corrected chi connectivity index (χ3v) is 3.89. The molecule has 0 aliphatic carbocycles. The monoisotopic (exact) mass is 296 g/mol. The fourth-order valence-electron chi connectivity index (χ4n) is 2.80. The molecule has 0 aliphatic heterocycles. The van der Waals surface area contributed by atoms with Gasteiger partial charge in [-0.25, -0.2) is 0 Å². The number of rotatable bonds is 7. The third-order valence-electron chi connectivity index (χ3n) is 3.89. The van der Waals surface area contributed by atoms with Crippen molar-refractivity contribution in [2.45, 2.75) is 45.8 Å². The van der Waals surface area contributed by atoms with Crippen molar-refractivity contribution in [2.75, 3.05) is 6.54 Å². The fourth-order valence-corrected chi connectivity index (χ4v) is 2.80. The smallest absolute Gasteiger partial charge is 0.0297 e. The Hall–Kier alpha value is -1.64. The zero-order chi connectivity index (χ0) is 16.0. The van der Waals surface area contributed by atoms with Gasteiger partial charge in [0.2, 0.25) is 0 Å². The highest BCUT2D eigenvalue weighted by atomic mass is 15.0. The lowest BCUT2D eigenvalue weighted by Crippen LogP contribution is -2.48. The number of nitrogens with one attached hydrogen (secondary N) is 2. The molecule has 118 valence electrons. The van der Waals surface area contributed by atoms with Crippen LogP contribution < -0.4 is 10.6 Å². The standard InChI is InChI=1S/C20H28N2/c1-16-9-8-10-18(13-16)14-21-15-20(3,4)22-17(2)19-11-6-5-7-12-19/h5-13,17,21-22H,14-15H2,1-4H3. The summed E-state index contributed by atoms with van der Waals surface area (Å²) in [5.41, 5.74) is 4.02. The van der Waals surface area contributed by atoms with E-state index in [0.717, 1.165) is 13.1 Å². The third kappa shape index (κ3) is 5.28. The highest BCUT2D eigenvalue weighted by Crippen LogP contribution is 2.15. The molecule has 1 atom stereocenters. The van der Waals surface area contributed by atoms with Crippen molar-refractivity contribution in [3.05, 3.63) is 71.3 Å². The van der Waals surface area contributed by atoms with Crippen molar-refractivity contribution in [3.8, 4) is 0 Å². The lowest BCUT2D eigenvalue weighted by atomic mass is 10.0. The Morgan fingerprint density at radius 1 is 1.00 bits per heavy atom. The van der Waals surface area contributed by atoms with Crippen LogP contribution in [0.25, 0.3) is 0 Å². The van der Waals surface area contributed by atoms with E-state index in [1.807, 2.05) is 0 Å². The van der Waals surface area contributed by atoms with Gasteiger partial charge in [0.1, 0.15) is 0 Å². The molecule has 2 rings (SSSR count). The van der Waals surface area contributed by atoms with Gasteiger partial charge in [-0.2, -0.15) is 0 Å². The second-order valence-corrected chi connectivity index (χ2v) is 6.75. The summed E-state index contributed by atoms with van der Waals surface area (Å²) in [6, 6.07) is 19.6. The summed E-state index contributed by atoms with van der Waals surface area (Å²) < 4.78 is 0. The van der Waals surface area contributed by atoms with E-state index in [-0.39, 0.29) is 5.54 Å². The summed E-state index contributed by atoms with van der Waals surface area (Å²) in [5, 5.41) is 7.27. The first kappa shape index (κ1) is 16.7. The van der Waals surface area contributed by atoms with Crippen LogP contribution in [-0.2, 0) is 6.54 Å². The molecular weight excluding hydrogens is 268 g/mol. The van der Waals surface area contributed by atoms with Gasteiger partial charge in [-0.3, -0.25) is 0 Å². The van der Waals surface area contributed by atoms with Crippen molar-refractivity contribution >= 4 is 0 Å². The van der Waals surface area contributed by atoms with Crippen LogP contribution in [0, 0.1) is 6.92 Å². The van der Waals surface area contributed by atoms with E-state index >= 15 is 0 Å². The van der Waals surface area contributed by atoms with Crippen molar-refractivity contribution < 1.29 is 0 Å². The molecule has 0 saturated heterocycles. The van der Waals surface area contributed by atoms with Crippen LogP contribution in [0.15, 0.2) is 54.6 Å². The molecule has 22 heavy (non-hydrogen) atoms. The largest absolute Gasteiger partial charge is 0.311 e. The maximum atomic E-state index is 3.71. The average molecular weight is 296 g/mol. The zero-order valence-corrected chi connectivity index (χ0v) is 14.2. The average Bonchev–Trinajstić information content (AvgIpc) is 2.47. The lowest BCUT2D eigenvalue weighted by molar-refractivity contribution is 0.330. The summed E-state index contributed by atoms with van der Waals surface area (Å²) in [6.45, 7) is 10.7. The second kappa shape index (κ2) is 7.57. The van der Waals surface area contributed by atoms with Crippen molar-refractivity contribution in [3.63, 3.8) is 0 Å². The normalized spacial score (nSPS) is 13.1. The van der Waals surface area contributed by atoms with Gasteiger partial charge in [-0.15, -0.1) is 0 Å². The van der Waals surface area contributed by atoms with Crippen LogP contribution in [0.5, 0.6) is 0 Å². The highest BCUT2D eigenvalue weighted by molar-refractivity contribution is 5.22. The van der Waals surface area contributed by atoms with E-state index in [2.05, 4.69) is 92.9 Å². The van der Waals surface area contributed by atoms with Gasteiger partial charge in [0.25, 0.3) is 0 Å². The van der Waals surface area contributed by atoms with Crippen molar-refractivity contribution in [1.29, 1.82) is 0 Å². The summed E-state index contributed by atoms with van der Waals surface area (Å²) in [4.78, 5) is 0. The number of benzene rings is 2. The molecular formula is C20H28N2.